The first-order chi connectivity index (χ1) is 5.65. The maximum Gasteiger partial charge on any atom is 0.335 e. The van der Waals surface area contributed by atoms with E-state index in [9.17, 15) is 14.7 Å². The van der Waals surface area contributed by atoms with Gasteiger partial charge in [-0.3, -0.25) is 4.79 Å². The topological polar surface area (TPSA) is 77.4 Å². The predicted molar refractivity (Wildman–Crippen MR) is 38.2 cm³/mol. The van der Waals surface area contributed by atoms with Crippen molar-refractivity contribution in [2.75, 3.05) is 0 Å². The molecule has 4 heteroatoms. The van der Waals surface area contributed by atoms with Crippen molar-refractivity contribution in [3.8, 4) is 5.75 Å². The molecule has 4 nitrogen and oxygen atoms in total. The first kappa shape index (κ1) is 8.26. The maximum absolute atomic E-state index is 10.9. The molecule has 1 aromatic carbocycles. The summed E-state index contributed by atoms with van der Waals surface area (Å²) < 4.78 is 0. The van der Waals surface area contributed by atoms with E-state index in [0.717, 1.165) is 6.07 Å². The Morgan fingerprint density at radius 1 is 1.50 bits per heavy atom. The number of rotatable bonds is 2. The molecule has 0 atom stereocenters. The summed E-state index contributed by atoms with van der Waals surface area (Å²) in [4.78, 5) is 20.5. The molecule has 0 aliphatic carbocycles. The summed E-state index contributed by atoms with van der Waals surface area (Å²) in [5.41, 5.74) is -0.134. The second-order valence-electron chi connectivity index (χ2n) is 2.18. The van der Waals surface area contributed by atoms with Crippen LogP contribution in [0.4, 0.5) is 0 Å². The zero-order valence-electron chi connectivity index (χ0n) is 5.98. The van der Waals surface area contributed by atoms with Crippen LogP contribution < -0.4 is 5.11 Å². The summed E-state index contributed by atoms with van der Waals surface area (Å²) in [7, 11) is 0. The number of hydrogen-bond acceptors (Lipinski definition) is 3. The molecule has 12 heavy (non-hydrogen) atoms. The molecule has 0 bridgehead atoms. The van der Waals surface area contributed by atoms with E-state index in [0.29, 0.717) is 6.29 Å². The Bertz CT molecular complexity index is 330. The second kappa shape index (κ2) is 3.04. The van der Waals surface area contributed by atoms with Crippen molar-refractivity contribution in [3.63, 3.8) is 0 Å². The molecule has 0 unspecified atom stereocenters. The van der Waals surface area contributed by atoms with Crippen LogP contribution in [-0.2, 0) is 0 Å². The molecule has 0 saturated carbocycles. The number of benzene rings is 1. The van der Waals surface area contributed by atoms with Crippen molar-refractivity contribution >= 4 is 12.3 Å². The Kier molecular flexibility index (Phi) is 2.09. The lowest BCUT2D eigenvalue weighted by atomic mass is 10.1. The van der Waals surface area contributed by atoms with Gasteiger partial charge in [0.05, 0.1) is 5.56 Å². The van der Waals surface area contributed by atoms with Crippen molar-refractivity contribution in [1.82, 2.24) is 0 Å². The van der Waals surface area contributed by atoms with Crippen LogP contribution in [0, 0.1) is 0 Å². The van der Waals surface area contributed by atoms with Gasteiger partial charge in [-0.1, -0.05) is 17.9 Å². The monoisotopic (exact) mass is 165 g/mol. The molecule has 62 valence electrons. The van der Waals surface area contributed by atoms with Crippen LogP contribution >= 0.6 is 0 Å². The van der Waals surface area contributed by atoms with Crippen LogP contribution in [0.25, 0.3) is 0 Å². The lowest BCUT2D eigenvalue weighted by molar-refractivity contribution is -0.268. The molecule has 1 N–H and O–H groups in total. The number of hydrogen-bond donors (Lipinski definition) is 1. The second-order valence-corrected chi connectivity index (χ2v) is 2.18. The van der Waals surface area contributed by atoms with E-state index in [4.69, 9.17) is 5.11 Å². The molecule has 0 saturated heterocycles. The van der Waals surface area contributed by atoms with E-state index >= 15 is 0 Å². The molecule has 0 aliphatic heterocycles. The van der Waals surface area contributed by atoms with Crippen LogP contribution in [0.2, 0.25) is 0 Å². The molecule has 1 rings (SSSR count). The third-order valence-electron chi connectivity index (χ3n) is 1.39. The molecule has 0 fully saturated rings. The Morgan fingerprint density at radius 3 is 2.58 bits per heavy atom. The Balaban J connectivity index is 3.18. The standard InChI is InChI=1S/C8H6O4/c9-4-6-2-1-5(8(11)12)3-7(6)10/h1-4,10H,(H,11,12)/p-1. The van der Waals surface area contributed by atoms with Gasteiger partial charge < -0.3 is 10.2 Å². The van der Waals surface area contributed by atoms with Crippen LogP contribution in [0.3, 0.4) is 0 Å². The molecule has 0 radical (unpaired) electrons. The molecule has 0 aromatic heterocycles. The Labute approximate surface area is 68.1 Å². The summed E-state index contributed by atoms with van der Waals surface area (Å²) in [5.74, 6) is -1.74. The first-order valence-corrected chi connectivity index (χ1v) is 3.14. The lowest BCUT2D eigenvalue weighted by Crippen LogP contribution is -2.01. The number of aldehydes is 1. The molecule has 1 aromatic rings. The van der Waals surface area contributed by atoms with Gasteiger partial charge in [0.1, 0.15) is 6.29 Å². The van der Waals surface area contributed by atoms with Crippen LogP contribution in [-0.4, -0.2) is 17.4 Å². The first-order valence-electron chi connectivity index (χ1n) is 3.14. The largest absolute Gasteiger partial charge is 0.872 e. The van der Waals surface area contributed by atoms with Gasteiger partial charge in [-0.2, -0.15) is 0 Å². The highest BCUT2D eigenvalue weighted by atomic mass is 16.4. The van der Waals surface area contributed by atoms with Gasteiger partial charge in [-0.15, -0.1) is 0 Å². The van der Waals surface area contributed by atoms with Crippen molar-refractivity contribution < 1.29 is 19.8 Å². The molecular weight excluding hydrogens is 160 g/mol. The summed E-state index contributed by atoms with van der Waals surface area (Å²) >= 11 is 0. The number of carboxylic acid groups (broad SMARTS) is 1. The van der Waals surface area contributed by atoms with E-state index in [1.165, 1.54) is 12.1 Å². The van der Waals surface area contributed by atoms with E-state index in [2.05, 4.69) is 0 Å². The summed E-state index contributed by atoms with van der Waals surface area (Å²) in [6.07, 6.45) is 0.397. The number of carbonyl (C=O) groups excluding carboxylic acids is 1. The van der Waals surface area contributed by atoms with Crippen molar-refractivity contribution in [1.29, 1.82) is 0 Å². The van der Waals surface area contributed by atoms with Gasteiger partial charge in [0, 0.05) is 5.56 Å². The minimum Gasteiger partial charge on any atom is -0.872 e. The zero-order chi connectivity index (χ0) is 9.14. The van der Waals surface area contributed by atoms with Gasteiger partial charge in [-0.25, -0.2) is 4.79 Å². The van der Waals surface area contributed by atoms with Gasteiger partial charge in [-0.05, 0) is 6.07 Å². The Hall–Kier alpha value is -1.84. The number of aromatic carboxylic acids is 1. The quantitative estimate of drug-likeness (QED) is 0.638. The fourth-order valence-electron chi connectivity index (χ4n) is 0.765. The third kappa shape index (κ3) is 1.42. The highest BCUT2D eigenvalue weighted by molar-refractivity contribution is 5.90. The highest BCUT2D eigenvalue weighted by Crippen LogP contribution is 2.13. The summed E-state index contributed by atoms with van der Waals surface area (Å²) in [6.45, 7) is 0. The van der Waals surface area contributed by atoms with E-state index in [1.54, 1.807) is 0 Å². The number of carbonyl (C=O) groups is 2. The lowest BCUT2D eigenvalue weighted by Gasteiger charge is -2.08. The molecular formula is C8H5O4-. The maximum atomic E-state index is 10.9. The smallest absolute Gasteiger partial charge is 0.335 e. The van der Waals surface area contributed by atoms with Crippen molar-refractivity contribution in [2.24, 2.45) is 0 Å². The SMILES string of the molecule is O=Cc1ccc(C(=O)O)cc1[O-]. The fraction of sp³-hybridized carbons (Fsp3) is 0. The van der Waals surface area contributed by atoms with Crippen molar-refractivity contribution in [3.05, 3.63) is 29.3 Å². The third-order valence-corrected chi connectivity index (χ3v) is 1.39. The number of carboxylic acids is 1. The molecule has 0 spiro atoms. The average Bonchev–Trinajstić information content (AvgIpc) is 2.04. The van der Waals surface area contributed by atoms with Gasteiger partial charge in [0.25, 0.3) is 0 Å². The highest BCUT2D eigenvalue weighted by Gasteiger charge is 2.01. The van der Waals surface area contributed by atoms with Gasteiger partial charge >= 0.3 is 5.97 Å². The molecule has 0 heterocycles. The predicted octanol–water partition coefficient (Wildman–Crippen LogP) is 0.271. The van der Waals surface area contributed by atoms with Gasteiger partial charge in [0.2, 0.25) is 0 Å². The average molecular weight is 165 g/mol. The molecule has 0 aliphatic rings. The van der Waals surface area contributed by atoms with Crippen LogP contribution in [0.15, 0.2) is 18.2 Å². The van der Waals surface area contributed by atoms with E-state index in [1.807, 2.05) is 0 Å². The van der Waals surface area contributed by atoms with E-state index < -0.39 is 11.7 Å². The minimum atomic E-state index is -1.18. The van der Waals surface area contributed by atoms with E-state index in [-0.39, 0.29) is 11.1 Å². The van der Waals surface area contributed by atoms with Crippen molar-refractivity contribution in [2.45, 2.75) is 0 Å². The normalized spacial score (nSPS) is 9.33. The fourth-order valence-corrected chi connectivity index (χ4v) is 0.765. The Morgan fingerprint density at radius 2 is 2.17 bits per heavy atom. The van der Waals surface area contributed by atoms with Crippen LogP contribution in [0.5, 0.6) is 5.75 Å². The van der Waals surface area contributed by atoms with Gasteiger partial charge in [0.15, 0.2) is 0 Å². The minimum absolute atomic E-state index is 0.0278. The zero-order valence-corrected chi connectivity index (χ0v) is 5.98. The summed E-state index contributed by atoms with van der Waals surface area (Å²) in [5, 5.41) is 19.3. The van der Waals surface area contributed by atoms with Crippen LogP contribution in [0.1, 0.15) is 20.7 Å². The summed E-state index contributed by atoms with van der Waals surface area (Å²) in [6, 6.07) is 3.33. The molecule has 0 amide bonds.